The third kappa shape index (κ3) is 2.93. The maximum absolute atomic E-state index is 11.9. The van der Waals surface area contributed by atoms with Crippen LogP contribution in [0.1, 0.15) is 12.8 Å². The van der Waals surface area contributed by atoms with Crippen LogP contribution in [0.4, 0.5) is 0 Å². The van der Waals surface area contributed by atoms with Gasteiger partial charge in [0.25, 0.3) is 0 Å². The number of carbonyl (C=O) groups excluding carboxylic acids is 1. The second kappa shape index (κ2) is 6.02. The zero-order valence-corrected chi connectivity index (χ0v) is 12.7. The van der Waals surface area contributed by atoms with Gasteiger partial charge in [-0.2, -0.15) is 11.8 Å². The molecule has 0 saturated carbocycles. The molecule has 4 aliphatic heterocycles. The smallest absolute Gasteiger partial charge is 0.232 e. The molecule has 108 valence electrons. The number of carbonyl (C=O) groups is 1. The number of rotatable bonds is 3. The summed E-state index contributed by atoms with van der Waals surface area (Å²) in [5, 5.41) is 0. The Balaban J connectivity index is 1.51. The first-order chi connectivity index (χ1) is 9.28. The number of nitrogens with zero attached hydrogens (tertiary/aromatic N) is 3. The number of hydrogen-bond donors (Lipinski definition) is 0. The first kappa shape index (κ1) is 13.7. The van der Waals surface area contributed by atoms with Crippen molar-refractivity contribution in [1.82, 2.24) is 14.7 Å². The van der Waals surface area contributed by atoms with Crippen molar-refractivity contribution in [3.8, 4) is 0 Å². The fraction of sp³-hybridized carbons (Fsp3) is 0.929. The van der Waals surface area contributed by atoms with Gasteiger partial charge in [0, 0.05) is 38.8 Å². The summed E-state index contributed by atoms with van der Waals surface area (Å²) in [5.74, 6) is 1.87. The fourth-order valence-corrected chi connectivity index (χ4v) is 4.29. The molecule has 4 saturated heterocycles. The van der Waals surface area contributed by atoms with Gasteiger partial charge >= 0.3 is 0 Å². The lowest BCUT2D eigenvalue weighted by atomic mass is 9.83. The molecule has 4 fully saturated rings. The molecular formula is C14H25N3OS. The van der Waals surface area contributed by atoms with E-state index in [2.05, 4.69) is 9.80 Å². The summed E-state index contributed by atoms with van der Waals surface area (Å²) in [6, 6.07) is 0.764. The van der Waals surface area contributed by atoms with Gasteiger partial charge in [0.05, 0.1) is 5.75 Å². The summed E-state index contributed by atoms with van der Waals surface area (Å²) >= 11 is 1.63. The summed E-state index contributed by atoms with van der Waals surface area (Å²) < 4.78 is 0. The molecule has 4 heterocycles. The lowest BCUT2D eigenvalue weighted by Gasteiger charge is -2.51. The van der Waals surface area contributed by atoms with Crippen molar-refractivity contribution in [3.05, 3.63) is 0 Å². The van der Waals surface area contributed by atoms with Gasteiger partial charge in [-0.1, -0.05) is 0 Å². The van der Waals surface area contributed by atoms with E-state index in [9.17, 15) is 4.79 Å². The molecule has 1 atom stereocenters. The van der Waals surface area contributed by atoms with Gasteiger partial charge in [0.1, 0.15) is 0 Å². The molecule has 0 spiro atoms. The standard InChI is InChI=1S/C14H25N3OS/c1-19-11-14(18)17-8-6-16(7-9-17)13-10-15-4-2-12(13)3-5-15/h12-13H,2-11H2,1H3. The monoisotopic (exact) mass is 283 g/mol. The van der Waals surface area contributed by atoms with Crippen LogP contribution in [0.25, 0.3) is 0 Å². The largest absolute Gasteiger partial charge is 0.339 e. The molecule has 0 aromatic heterocycles. The van der Waals surface area contributed by atoms with Crippen LogP contribution >= 0.6 is 11.8 Å². The average molecular weight is 283 g/mol. The third-order valence-corrected chi connectivity index (χ3v) is 5.56. The molecule has 19 heavy (non-hydrogen) atoms. The van der Waals surface area contributed by atoms with Crippen molar-refractivity contribution in [2.45, 2.75) is 18.9 Å². The van der Waals surface area contributed by atoms with Crippen LogP contribution in [-0.2, 0) is 4.79 Å². The van der Waals surface area contributed by atoms with E-state index in [0.717, 1.165) is 38.1 Å². The van der Waals surface area contributed by atoms with Gasteiger partial charge in [-0.15, -0.1) is 0 Å². The van der Waals surface area contributed by atoms with Crippen LogP contribution in [0.5, 0.6) is 0 Å². The molecule has 4 nitrogen and oxygen atoms in total. The highest BCUT2D eigenvalue weighted by Crippen LogP contribution is 2.31. The number of amides is 1. The van der Waals surface area contributed by atoms with Crippen LogP contribution in [0.15, 0.2) is 0 Å². The van der Waals surface area contributed by atoms with E-state index in [-0.39, 0.29) is 0 Å². The second-order valence-corrected chi connectivity index (χ2v) is 6.92. The van der Waals surface area contributed by atoms with Gasteiger partial charge < -0.3 is 9.80 Å². The summed E-state index contributed by atoms with van der Waals surface area (Å²) in [6.45, 7) is 7.92. The summed E-state index contributed by atoms with van der Waals surface area (Å²) in [7, 11) is 0. The highest BCUT2D eigenvalue weighted by Gasteiger charge is 2.38. The molecule has 1 amide bonds. The van der Waals surface area contributed by atoms with Crippen molar-refractivity contribution >= 4 is 17.7 Å². The Morgan fingerprint density at radius 3 is 2.32 bits per heavy atom. The topological polar surface area (TPSA) is 26.8 Å². The molecule has 0 radical (unpaired) electrons. The van der Waals surface area contributed by atoms with Crippen molar-refractivity contribution in [1.29, 1.82) is 0 Å². The van der Waals surface area contributed by atoms with Crippen molar-refractivity contribution in [2.24, 2.45) is 5.92 Å². The van der Waals surface area contributed by atoms with E-state index in [1.807, 2.05) is 11.2 Å². The van der Waals surface area contributed by atoms with Crippen molar-refractivity contribution in [3.63, 3.8) is 0 Å². The van der Waals surface area contributed by atoms with Gasteiger partial charge in [-0.25, -0.2) is 0 Å². The summed E-state index contributed by atoms with van der Waals surface area (Å²) in [4.78, 5) is 19.2. The zero-order chi connectivity index (χ0) is 13.2. The second-order valence-electron chi connectivity index (χ2n) is 6.06. The lowest BCUT2D eigenvalue weighted by Crippen LogP contribution is -2.61. The molecule has 2 bridgehead atoms. The first-order valence-electron chi connectivity index (χ1n) is 7.51. The quantitative estimate of drug-likeness (QED) is 0.757. The maximum atomic E-state index is 11.9. The minimum Gasteiger partial charge on any atom is -0.339 e. The normalized spacial score (nSPS) is 35.6. The highest BCUT2D eigenvalue weighted by molar-refractivity contribution is 7.99. The van der Waals surface area contributed by atoms with Gasteiger partial charge in [-0.05, 0) is 38.1 Å². The zero-order valence-electron chi connectivity index (χ0n) is 11.9. The van der Waals surface area contributed by atoms with Crippen LogP contribution in [-0.4, -0.2) is 84.5 Å². The molecule has 4 rings (SSSR count). The number of piperazine rings is 1. The molecular weight excluding hydrogens is 258 g/mol. The molecule has 0 aromatic rings. The SMILES string of the molecule is CSCC(=O)N1CCN(C2CN3CCC2CC3)CC1. The summed E-state index contributed by atoms with van der Waals surface area (Å²) in [5.41, 5.74) is 0. The van der Waals surface area contributed by atoms with Crippen LogP contribution < -0.4 is 0 Å². The fourth-order valence-electron chi connectivity index (χ4n) is 3.87. The van der Waals surface area contributed by atoms with Crippen molar-refractivity contribution in [2.75, 3.05) is 57.8 Å². The Morgan fingerprint density at radius 2 is 1.79 bits per heavy atom. The lowest BCUT2D eigenvalue weighted by molar-refractivity contribution is -0.131. The number of fused-ring (bicyclic) bond motifs is 3. The van der Waals surface area contributed by atoms with E-state index >= 15 is 0 Å². The molecule has 0 aromatic carbocycles. The summed E-state index contributed by atoms with van der Waals surface area (Å²) in [6.07, 6.45) is 4.77. The Morgan fingerprint density at radius 1 is 1.11 bits per heavy atom. The van der Waals surface area contributed by atoms with Crippen LogP contribution in [0.2, 0.25) is 0 Å². The average Bonchev–Trinajstić information content (AvgIpc) is 2.49. The Labute approximate surface area is 120 Å². The van der Waals surface area contributed by atoms with E-state index in [0.29, 0.717) is 11.7 Å². The third-order valence-electron chi connectivity index (χ3n) is 5.03. The highest BCUT2D eigenvalue weighted by atomic mass is 32.2. The van der Waals surface area contributed by atoms with Gasteiger partial charge in [-0.3, -0.25) is 9.69 Å². The van der Waals surface area contributed by atoms with E-state index in [1.54, 1.807) is 11.8 Å². The van der Waals surface area contributed by atoms with Gasteiger partial charge in [0.15, 0.2) is 0 Å². The Bertz CT molecular complexity index is 323. The van der Waals surface area contributed by atoms with E-state index in [1.165, 1.54) is 32.5 Å². The minimum atomic E-state index is 0.320. The van der Waals surface area contributed by atoms with Crippen LogP contribution in [0, 0.1) is 5.92 Å². The minimum absolute atomic E-state index is 0.320. The predicted octanol–water partition coefficient (Wildman–Crippen LogP) is 0.588. The number of piperidine rings is 3. The Hall–Kier alpha value is -0.260. The van der Waals surface area contributed by atoms with Crippen molar-refractivity contribution < 1.29 is 4.79 Å². The number of hydrogen-bond acceptors (Lipinski definition) is 4. The molecule has 1 unspecified atom stereocenters. The molecule has 5 heteroatoms. The Kier molecular flexibility index (Phi) is 4.34. The maximum Gasteiger partial charge on any atom is 0.232 e. The van der Waals surface area contributed by atoms with Gasteiger partial charge in [0.2, 0.25) is 5.91 Å². The van der Waals surface area contributed by atoms with E-state index in [4.69, 9.17) is 0 Å². The molecule has 0 aliphatic carbocycles. The molecule has 0 N–H and O–H groups in total. The predicted molar refractivity (Wildman–Crippen MR) is 79.5 cm³/mol. The molecule has 4 aliphatic rings. The number of thioether (sulfide) groups is 1. The van der Waals surface area contributed by atoms with Crippen LogP contribution in [0.3, 0.4) is 0 Å². The van der Waals surface area contributed by atoms with E-state index < -0.39 is 0 Å². The first-order valence-corrected chi connectivity index (χ1v) is 8.90.